The van der Waals surface area contributed by atoms with E-state index < -0.39 is 15.7 Å². The Kier molecular flexibility index (Phi) is 5.90. The molecule has 2 aliphatic rings. The average Bonchev–Trinajstić information content (AvgIpc) is 2.85. The summed E-state index contributed by atoms with van der Waals surface area (Å²) in [5.74, 6) is 1.48. The molecule has 4 heterocycles. The number of sulfone groups is 1. The van der Waals surface area contributed by atoms with Gasteiger partial charge in [0.1, 0.15) is 18.8 Å². The van der Waals surface area contributed by atoms with Gasteiger partial charge in [0.15, 0.2) is 21.5 Å². The third kappa shape index (κ3) is 4.45. The van der Waals surface area contributed by atoms with Gasteiger partial charge in [-0.15, -0.1) is 0 Å². The first kappa shape index (κ1) is 22.3. The van der Waals surface area contributed by atoms with Crippen molar-refractivity contribution in [2.75, 3.05) is 47.6 Å². The molecule has 0 spiro atoms. The van der Waals surface area contributed by atoms with Gasteiger partial charge in [0.05, 0.1) is 17.1 Å². The first-order chi connectivity index (χ1) is 16.4. The Morgan fingerprint density at radius 3 is 2.56 bits per heavy atom. The van der Waals surface area contributed by atoms with Crippen LogP contribution >= 0.6 is 0 Å². The summed E-state index contributed by atoms with van der Waals surface area (Å²) in [5.41, 5.74) is 0.102. The first-order valence-electron chi connectivity index (χ1n) is 10.9. The lowest BCUT2D eigenvalue weighted by molar-refractivity contribution is 0.290. The van der Waals surface area contributed by atoms with Crippen molar-refractivity contribution in [2.45, 2.75) is 23.8 Å². The molecule has 2 aliphatic heterocycles. The molecule has 1 fully saturated rings. The largest absolute Gasteiger partial charge is 0.485 e. The number of hydrogen-bond donors (Lipinski definition) is 1. The monoisotopic (exact) mass is 485 g/mol. The van der Waals surface area contributed by atoms with E-state index in [-0.39, 0.29) is 16.6 Å². The van der Waals surface area contributed by atoms with E-state index in [9.17, 15) is 12.8 Å². The molecule has 0 atom stereocenters. The lowest BCUT2D eigenvalue weighted by Gasteiger charge is -2.41. The van der Waals surface area contributed by atoms with Crippen LogP contribution in [-0.2, 0) is 9.84 Å². The summed E-state index contributed by atoms with van der Waals surface area (Å²) in [7, 11) is -3.51. The molecule has 1 aromatic carbocycles. The summed E-state index contributed by atoms with van der Waals surface area (Å²) in [6, 6.07) is 5.78. The second kappa shape index (κ2) is 9.01. The van der Waals surface area contributed by atoms with Gasteiger partial charge in [-0.2, -0.15) is 0 Å². The van der Waals surface area contributed by atoms with E-state index in [4.69, 9.17) is 4.74 Å². The Labute approximate surface area is 196 Å². The molecule has 0 amide bonds. The highest BCUT2D eigenvalue weighted by atomic mass is 32.2. The van der Waals surface area contributed by atoms with Crippen LogP contribution in [0.1, 0.15) is 12.8 Å². The SMILES string of the molecule is CS(=O)(=O)c1ccc(Nc2ncnc3c2OCCN3C2CCN(c3ncccn3)CC2)c(F)c1. The topological polar surface area (TPSA) is 113 Å². The first-order valence-corrected chi connectivity index (χ1v) is 12.8. The molecule has 0 aliphatic carbocycles. The maximum absolute atomic E-state index is 14.6. The highest BCUT2D eigenvalue weighted by Crippen LogP contribution is 2.39. The number of benzene rings is 1. The number of nitrogens with one attached hydrogen (secondary N) is 1. The summed E-state index contributed by atoms with van der Waals surface area (Å²) in [6.45, 7) is 2.80. The third-order valence-corrected chi connectivity index (χ3v) is 7.11. The van der Waals surface area contributed by atoms with E-state index >= 15 is 0 Å². The minimum Gasteiger partial charge on any atom is -0.485 e. The molecule has 0 saturated carbocycles. The lowest BCUT2D eigenvalue weighted by Crippen LogP contribution is -2.48. The van der Waals surface area contributed by atoms with Crippen LogP contribution in [0.2, 0.25) is 0 Å². The van der Waals surface area contributed by atoms with E-state index in [1.54, 1.807) is 18.5 Å². The third-order valence-electron chi connectivity index (χ3n) is 6.00. The second-order valence-electron chi connectivity index (χ2n) is 8.22. The van der Waals surface area contributed by atoms with Crippen molar-refractivity contribution < 1.29 is 17.5 Å². The molecular formula is C22H24FN7O3S. The quantitative estimate of drug-likeness (QED) is 0.578. The Balaban J connectivity index is 1.34. The van der Waals surface area contributed by atoms with Crippen molar-refractivity contribution in [3.63, 3.8) is 0 Å². The molecule has 12 heteroatoms. The zero-order chi connectivity index (χ0) is 23.7. The van der Waals surface area contributed by atoms with Crippen molar-refractivity contribution >= 4 is 33.1 Å². The molecular weight excluding hydrogens is 461 g/mol. The molecule has 3 aromatic rings. The number of nitrogens with zero attached hydrogens (tertiary/aromatic N) is 6. The molecule has 10 nitrogen and oxygen atoms in total. The average molecular weight is 486 g/mol. The lowest BCUT2D eigenvalue weighted by atomic mass is 10.0. The summed E-state index contributed by atoms with van der Waals surface area (Å²) >= 11 is 0. The second-order valence-corrected chi connectivity index (χ2v) is 10.2. The van der Waals surface area contributed by atoms with Crippen molar-refractivity contribution in [3.05, 3.63) is 48.8 Å². The van der Waals surface area contributed by atoms with Crippen molar-refractivity contribution in [3.8, 4) is 5.75 Å². The maximum atomic E-state index is 14.6. The van der Waals surface area contributed by atoms with Crippen LogP contribution in [0, 0.1) is 5.82 Å². The van der Waals surface area contributed by atoms with Gasteiger partial charge >= 0.3 is 0 Å². The predicted molar refractivity (Wildman–Crippen MR) is 125 cm³/mol. The van der Waals surface area contributed by atoms with Crippen LogP contribution in [0.15, 0.2) is 47.9 Å². The summed E-state index contributed by atoms with van der Waals surface area (Å²) in [5, 5.41) is 2.93. The van der Waals surface area contributed by atoms with Crippen molar-refractivity contribution in [1.29, 1.82) is 0 Å². The fourth-order valence-electron chi connectivity index (χ4n) is 4.29. The van der Waals surface area contributed by atoms with E-state index in [0.717, 1.165) is 44.2 Å². The molecule has 0 unspecified atom stereocenters. The van der Waals surface area contributed by atoms with E-state index in [1.165, 1.54) is 18.5 Å². The fraction of sp³-hybridized carbons (Fsp3) is 0.364. The van der Waals surface area contributed by atoms with Crippen LogP contribution in [0.5, 0.6) is 5.75 Å². The van der Waals surface area contributed by atoms with E-state index in [2.05, 4.69) is 35.1 Å². The van der Waals surface area contributed by atoms with Gasteiger partial charge in [-0.25, -0.2) is 32.7 Å². The molecule has 5 rings (SSSR count). The van der Waals surface area contributed by atoms with Crippen LogP contribution < -0.4 is 19.9 Å². The fourth-order valence-corrected chi connectivity index (χ4v) is 4.92. The Hall–Kier alpha value is -3.54. The molecule has 2 aromatic heterocycles. The highest BCUT2D eigenvalue weighted by Gasteiger charge is 2.32. The Morgan fingerprint density at radius 2 is 1.85 bits per heavy atom. The van der Waals surface area contributed by atoms with Crippen LogP contribution in [0.25, 0.3) is 0 Å². The minimum atomic E-state index is -3.51. The Bertz CT molecular complexity index is 1280. The van der Waals surface area contributed by atoms with Gasteiger partial charge in [0, 0.05) is 37.8 Å². The molecule has 0 bridgehead atoms. The number of anilines is 4. The van der Waals surface area contributed by atoms with Gasteiger partial charge in [-0.1, -0.05) is 0 Å². The molecule has 1 saturated heterocycles. The summed E-state index contributed by atoms with van der Waals surface area (Å²) in [6.07, 6.45) is 7.76. The number of hydrogen-bond acceptors (Lipinski definition) is 10. The van der Waals surface area contributed by atoms with Gasteiger partial charge in [0.25, 0.3) is 0 Å². The number of halogens is 1. The zero-order valence-corrected chi connectivity index (χ0v) is 19.4. The normalized spacial score (nSPS) is 16.6. The van der Waals surface area contributed by atoms with Gasteiger partial charge in [-0.3, -0.25) is 0 Å². The van der Waals surface area contributed by atoms with Crippen molar-refractivity contribution in [1.82, 2.24) is 19.9 Å². The van der Waals surface area contributed by atoms with Crippen LogP contribution in [0.4, 0.5) is 27.7 Å². The van der Waals surface area contributed by atoms with Gasteiger partial charge in [0.2, 0.25) is 11.7 Å². The van der Waals surface area contributed by atoms with E-state index in [0.29, 0.717) is 30.5 Å². The standard InChI is InChI=1S/C22H24FN7O3S/c1-34(31,32)16-3-4-18(17(23)13-16)28-20-19-21(27-14-26-20)30(11-12-33-19)15-5-9-29(10-6-15)22-24-7-2-8-25-22/h2-4,7-8,13-15H,5-6,9-12H2,1H3,(H,26,27,28). The molecule has 178 valence electrons. The number of rotatable bonds is 5. The molecule has 34 heavy (non-hydrogen) atoms. The minimum absolute atomic E-state index is 0.0880. The van der Waals surface area contributed by atoms with Gasteiger partial charge in [-0.05, 0) is 37.1 Å². The highest BCUT2D eigenvalue weighted by molar-refractivity contribution is 7.90. The number of ether oxygens (including phenoxy) is 1. The summed E-state index contributed by atoms with van der Waals surface area (Å²) in [4.78, 5) is 21.7. The van der Waals surface area contributed by atoms with Crippen LogP contribution in [-0.4, -0.2) is 66.9 Å². The smallest absolute Gasteiger partial charge is 0.225 e. The molecule has 1 N–H and O–H groups in total. The maximum Gasteiger partial charge on any atom is 0.225 e. The Morgan fingerprint density at radius 1 is 1.09 bits per heavy atom. The summed E-state index contributed by atoms with van der Waals surface area (Å²) < 4.78 is 43.9. The molecule has 0 radical (unpaired) electrons. The van der Waals surface area contributed by atoms with Gasteiger partial charge < -0.3 is 19.9 Å². The number of aromatic nitrogens is 4. The van der Waals surface area contributed by atoms with E-state index in [1.807, 2.05) is 0 Å². The number of piperidine rings is 1. The zero-order valence-electron chi connectivity index (χ0n) is 18.6. The van der Waals surface area contributed by atoms with Crippen molar-refractivity contribution in [2.24, 2.45) is 0 Å². The number of fused-ring (bicyclic) bond motifs is 1. The predicted octanol–water partition coefficient (Wildman–Crippen LogP) is 2.42. The van der Waals surface area contributed by atoms with Crippen LogP contribution in [0.3, 0.4) is 0 Å².